The molecule has 1 fully saturated rings. The molecule has 0 spiro atoms. The number of ketones is 1. The lowest BCUT2D eigenvalue weighted by molar-refractivity contribution is -0.136. The Hall–Kier alpha value is -2.15. The summed E-state index contributed by atoms with van der Waals surface area (Å²) in [6, 6.07) is -0.608. The molecule has 1 aromatic rings. The van der Waals surface area contributed by atoms with Crippen LogP contribution in [-0.2, 0) is 14.3 Å². The van der Waals surface area contributed by atoms with E-state index in [4.69, 9.17) is 9.47 Å². The van der Waals surface area contributed by atoms with Gasteiger partial charge in [-0.15, -0.1) is 0 Å². The predicted molar refractivity (Wildman–Crippen MR) is 110 cm³/mol. The van der Waals surface area contributed by atoms with Gasteiger partial charge in [-0.25, -0.2) is 4.79 Å². The van der Waals surface area contributed by atoms with Gasteiger partial charge in [0.05, 0.1) is 12.6 Å². The number of methoxy groups -OCH3 is 1. The molecule has 1 heterocycles. The smallest absolute Gasteiger partial charge is 0.355 e. The van der Waals surface area contributed by atoms with Gasteiger partial charge in [0.25, 0.3) is 0 Å². The van der Waals surface area contributed by atoms with Gasteiger partial charge < -0.3 is 19.4 Å². The number of nitrogens with zero attached hydrogens (tertiary/aromatic N) is 1. The number of amides is 1. The molecule has 7 heteroatoms. The van der Waals surface area contributed by atoms with Crippen LogP contribution in [0, 0.1) is 19.8 Å². The molecule has 29 heavy (non-hydrogen) atoms. The minimum atomic E-state index is -0.608. The van der Waals surface area contributed by atoms with Crippen LogP contribution in [0.3, 0.4) is 0 Å². The maximum absolute atomic E-state index is 13.4. The lowest BCUT2D eigenvalue weighted by Gasteiger charge is -2.31. The SMILES string of the molecule is CCOC(=O)c1[nH]c(C)c(C(=O)[C@H](C)N(CCCOC)C(=O)C2CCCC2)c1C. The fourth-order valence-corrected chi connectivity index (χ4v) is 4.16. The van der Waals surface area contributed by atoms with Crippen molar-refractivity contribution in [2.24, 2.45) is 5.92 Å². The molecule has 1 aliphatic carbocycles. The molecule has 0 radical (unpaired) electrons. The van der Waals surface area contributed by atoms with Crippen molar-refractivity contribution in [2.75, 3.05) is 26.9 Å². The number of ether oxygens (including phenoxy) is 2. The van der Waals surface area contributed by atoms with E-state index in [1.165, 1.54) is 0 Å². The van der Waals surface area contributed by atoms with Gasteiger partial charge in [-0.2, -0.15) is 0 Å². The van der Waals surface area contributed by atoms with Gasteiger partial charge in [-0.05, 0) is 52.5 Å². The summed E-state index contributed by atoms with van der Waals surface area (Å²) >= 11 is 0. The van der Waals surface area contributed by atoms with Gasteiger partial charge in [0.2, 0.25) is 5.91 Å². The summed E-state index contributed by atoms with van der Waals surface area (Å²) in [6.45, 7) is 8.29. The van der Waals surface area contributed by atoms with E-state index in [0.29, 0.717) is 42.1 Å². The largest absolute Gasteiger partial charge is 0.461 e. The van der Waals surface area contributed by atoms with Crippen LogP contribution < -0.4 is 0 Å². The van der Waals surface area contributed by atoms with Gasteiger partial charge >= 0.3 is 5.97 Å². The van der Waals surface area contributed by atoms with Crippen molar-refractivity contribution >= 4 is 17.7 Å². The third kappa shape index (κ3) is 5.26. The number of aromatic amines is 1. The molecular formula is C22H34N2O5. The van der Waals surface area contributed by atoms with Crippen molar-refractivity contribution < 1.29 is 23.9 Å². The van der Waals surface area contributed by atoms with Gasteiger partial charge in [-0.1, -0.05) is 12.8 Å². The normalized spacial score (nSPS) is 15.3. The van der Waals surface area contributed by atoms with E-state index in [1.807, 2.05) is 0 Å². The average Bonchev–Trinajstić information content (AvgIpc) is 3.32. The second kappa shape index (κ2) is 10.6. The first-order valence-corrected chi connectivity index (χ1v) is 10.5. The van der Waals surface area contributed by atoms with E-state index < -0.39 is 12.0 Å². The van der Waals surface area contributed by atoms with Crippen LogP contribution in [0.25, 0.3) is 0 Å². The first-order chi connectivity index (χ1) is 13.8. The fourth-order valence-electron chi connectivity index (χ4n) is 4.16. The number of rotatable bonds is 10. The maximum Gasteiger partial charge on any atom is 0.355 e. The number of aromatic nitrogens is 1. The third-order valence-electron chi connectivity index (χ3n) is 5.75. The minimum Gasteiger partial charge on any atom is -0.461 e. The number of aryl methyl sites for hydroxylation is 1. The lowest BCUT2D eigenvalue weighted by atomic mass is 9.98. The number of carbonyl (C=O) groups is 3. The van der Waals surface area contributed by atoms with Crippen LogP contribution in [0.2, 0.25) is 0 Å². The van der Waals surface area contributed by atoms with E-state index in [-0.39, 0.29) is 24.2 Å². The summed E-state index contributed by atoms with van der Waals surface area (Å²) < 4.78 is 10.2. The molecule has 1 amide bonds. The highest BCUT2D eigenvalue weighted by Gasteiger charge is 2.34. The van der Waals surface area contributed by atoms with Gasteiger partial charge in [0.1, 0.15) is 5.69 Å². The first-order valence-electron chi connectivity index (χ1n) is 10.5. The highest BCUT2D eigenvalue weighted by atomic mass is 16.5. The van der Waals surface area contributed by atoms with Crippen molar-refractivity contribution in [3.63, 3.8) is 0 Å². The second-order valence-electron chi connectivity index (χ2n) is 7.75. The molecule has 162 valence electrons. The Labute approximate surface area is 173 Å². The number of esters is 1. The quantitative estimate of drug-likeness (QED) is 0.365. The molecule has 2 rings (SSSR count). The number of hydrogen-bond acceptors (Lipinski definition) is 5. The first kappa shape index (κ1) is 23.1. The fraction of sp³-hybridized carbons (Fsp3) is 0.682. The number of carbonyl (C=O) groups excluding carboxylic acids is 3. The van der Waals surface area contributed by atoms with E-state index in [0.717, 1.165) is 25.7 Å². The molecule has 1 atom stereocenters. The molecule has 0 aromatic carbocycles. The van der Waals surface area contributed by atoms with Crippen molar-refractivity contribution in [3.05, 3.63) is 22.5 Å². The Morgan fingerprint density at radius 3 is 2.45 bits per heavy atom. The van der Waals surface area contributed by atoms with E-state index >= 15 is 0 Å². The minimum absolute atomic E-state index is 0.00342. The molecule has 0 aliphatic heterocycles. The molecule has 0 unspecified atom stereocenters. The Kier molecular flexibility index (Phi) is 8.44. The molecule has 1 N–H and O–H groups in total. The maximum atomic E-state index is 13.4. The summed E-state index contributed by atoms with van der Waals surface area (Å²) in [5.74, 6) is -0.582. The molecule has 0 saturated heterocycles. The standard InChI is InChI=1S/C22H34N2O5/c1-6-29-22(27)19-14(2)18(15(3)23-19)20(25)16(4)24(12-9-13-28-5)21(26)17-10-7-8-11-17/h16-17,23H,6-13H2,1-5H3/t16-/m0/s1. The summed E-state index contributed by atoms with van der Waals surface area (Å²) in [5.41, 5.74) is 1.96. The summed E-state index contributed by atoms with van der Waals surface area (Å²) in [6.07, 6.45) is 4.56. The molecule has 7 nitrogen and oxygen atoms in total. The van der Waals surface area contributed by atoms with Crippen molar-refractivity contribution in [1.82, 2.24) is 9.88 Å². The number of hydrogen-bond donors (Lipinski definition) is 1. The Bertz CT molecular complexity index is 734. The average molecular weight is 407 g/mol. The molecule has 1 saturated carbocycles. The predicted octanol–water partition coefficient (Wildman–Crippen LogP) is 3.43. The number of Topliss-reactive ketones (excluding diaryl/α,β-unsaturated/α-hetero) is 1. The molecule has 1 aliphatic rings. The third-order valence-corrected chi connectivity index (χ3v) is 5.75. The van der Waals surface area contributed by atoms with E-state index in [1.54, 1.807) is 39.7 Å². The van der Waals surface area contributed by atoms with Crippen LogP contribution in [0.4, 0.5) is 0 Å². The molecular weight excluding hydrogens is 372 g/mol. The highest BCUT2D eigenvalue weighted by molar-refractivity contribution is 6.06. The topological polar surface area (TPSA) is 88.7 Å². The zero-order valence-corrected chi connectivity index (χ0v) is 18.3. The van der Waals surface area contributed by atoms with Crippen LogP contribution in [-0.4, -0.2) is 60.5 Å². The van der Waals surface area contributed by atoms with E-state index in [9.17, 15) is 14.4 Å². The van der Waals surface area contributed by atoms with Crippen molar-refractivity contribution in [2.45, 2.75) is 65.8 Å². The van der Waals surface area contributed by atoms with E-state index in [2.05, 4.69) is 4.98 Å². The summed E-state index contributed by atoms with van der Waals surface area (Å²) in [7, 11) is 1.63. The Morgan fingerprint density at radius 1 is 1.21 bits per heavy atom. The van der Waals surface area contributed by atoms with Gasteiger partial charge in [0.15, 0.2) is 5.78 Å². The second-order valence-corrected chi connectivity index (χ2v) is 7.75. The molecule has 1 aromatic heterocycles. The highest BCUT2D eigenvalue weighted by Crippen LogP contribution is 2.29. The van der Waals surface area contributed by atoms with Crippen LogP contribution >= 0.6 is 0 Å². The number of nitrogens with one attached hydrogen (secondary N) is 1. The van der Waals surface area contributed by atoms with Crippen LogP contribution in [0.15, 0.2) is 0 Å². The summed E-state index contributed by atoms with van der Waals surface area (Å²) in [4.78, 5) is 43.4. The Morgan fingerprint density at radius 2 is 1.86 bits per heavy atom. The van der Waals surface area contributed by atoms with Crippen molar-refractivity contribution in [3.8, 4) is 0 Å². The summed E-state index contributed by atoms with van der Waals surface area (Å²) in [5, 5.41) is 0. The zero-order chi connectivity index (χ0) is 21.6. The number of H-pyrrole nitrogens is 1. The van der Waals surface area contributed by atoms with Crippen LogP contribution in [0.5, 0.6) is 0 Å². The zero-order valence-electron chi connectivity index (χ0n) is 18.3. The van der Waals surface area contributed by atoms with Gasteiger partial charge in [-0.3, -0.25) is 9.59 Å². The van der Waals surface area contributed by atoms with Crippen molar-refractivity contribution in [1.29, 1.82) is 0 Å². The monoisotopic (exact) mass is 406 g/mol. The van der Waals surface area contributed by atoms with Gasteiger partial charge in [0, 0.05) is 37.4 Å². The Balaban J connectivity index is 2.27. The molecule has 0 bridgehead atoms. The lowest BCUT2D eigenvalue weighted by Crippen LogP contribution is -2.46. The van der Waals surface area contributed by atoms with Crippen LogP contribution in [0.1, 0.15) is 78.1 Å².